The Hall–Kier alpha value is -0.100. The quantitative estimate of drug-likeness (QED) is 0.599. The molecule has 1 rings (SSSR count). The van der Waals surface area contributed by atoms with Crippen LogP contribution in [0.2, 0.25) is 0 Å². The smallest absolute Gasteiger partial charge is 0.251 e. The fourth-order valence-corrected chi connectivity index (χ4v) is 2.50. The average molecular weight is 396 g/mol. The molecule has 1 amide bonds. The van der Waals surface area contributed by atoms with Crippen molar-refractivity contribution in [1.29, 1.82) is 0 Å². The zero-order valence-electron chi connectivity index (χ0n) is 9.17. The normalized spacial score (nSPS) is 12.2. The van der Waals surface area contributed by atoms with Crippen LogP contribution < -0.4 is 5.32 Å². The number of nitrogens with one attached hydrogen (secondary N) is 1. The van der Waals surface area contributed by atoms with Gasteiger partial charge in [0, 0.05) is 20.5 Å². The minimum atomic E-state index is 0.0197. The lowest BCUT2D eigenvalue weighted by molar-refractivity contribution is 0.0935. The van der Waals surface area contributed by atoms with E-state index in [1.165, 1.54) is 0 Å². The predicted octanol–water partition coefficient (Wildman–Crippen LogP) is 3.58. The van der Waals surface area contributed by atoms with Crippen LogP contribution in [0.3, 0.4) is 0 Å². The van der Waals surface area contributed by atoms with Gasteiger partial charge >= 0.3 is 0 Å². The molecule has 0 aliphatic heterocycles. The fourth-order valence-electron chi connectivity index (χ4n) is 1.41. The largest absolute Gasteiger partial charge is 0.349 e. The number of carbonyl (C=O) groups is 1. The van der Waals surface area contributed by atoms with E-state index in [0.29, 0.717) is 0 Å². The molecule has 1 aromatic carbocycles. The van der Waals surface area contributed by atoms with Crippen LogP contribution >= 0.6 is 38.5 Å². The second-order valence-corrected chi connectivity index (χ2v) is 5.61. The molecule has 1 atom stereocenters. The average Bonchev–Trinajstić information content (AvgIpc) is 2.28. The molecular weight excluding hydrogens is 381 g/mol. The summed E-state index contributed by atoms with van der Waals surface area (Å²) in [6.07, 6.45) is 1.92. The van der Waals surface area contributed by atoms with Crippen LogP contribution in [-0.2, 0) is 0 Å². The topological polar surface area (TPSA) is 29.1 Å². The van der Waals surface area contributed by atoms with E-state index in [4.69, 9.17) is 0 Å². The molecule has 0 aliphatic rings. The van der Waals surface area contributed by atoms with E-state index in [1.807, 2.05) is 24.3 Å². The molecule has 1 N–H and O–H groups in total. The van der Waals surface area contributed by atoms with E-state index in [9.17, 15) is 4.79 Å². The number of benzene rings is 1. The summed E-state index contributed by atoms with van der Waals surface area (Å²) in [4.78, 5) is 11.9. The first kappa shape index (κ1) is 14.0. The molecule has 0 bridgehead atoms. The number of carbonyl (C=O) groups excluding carboxylic acids is 1. The van der Waals surface area contributed by atoms with Crippen molar-refractivity contribution in [2.24, 2.45) is 0 Å². The van der Waals surface area contributed by atoms with Crippen LogP contribution in [0.5, 0.6) is 0 Å². The first-order valence-electron chi connectivity index (χ1n) is 5.29. The number of hydrogen-bond donors (Lipinski definition) is 1. The SMILES string of the molecule is CCC(CCBr)NC(=O)c1cccc(I)c1. The highest BCUT2D eigenvalue weighted by atomic mass is 127. The van der Waals surface area contributed by atoms with E-state index >= 15 is 0 Å². The molecule has 0 saturated carbocycles. The van der Waals surface area contributed by atoms with Crippen molar-refractivity contribution in [1.82, 2.24) is 5.32 Å². The lowest BCUT2D eigenvalue weighted by Crippen LogP contribution is -2.34. The third-order valence-electron chi connectivity index (χ3n) is 2.37. The molecule has 1 aromatic rings. The maximum absolute atomic E-state index is 11.9. The van der Waals surface area contributed by atoms with Gasteiger partial charge in [-0.05, 0) is 53.6 Å². The Kier molecular flexibility index (Phi) is 6.34. The van der Waals surface area contributed by atoms with Crippen LogP contribution in [-0.4, -0.2) is 17.3 Å². The van der Waals surface area contributed by atoms with E-state index in [2.05, 4.69) is 50.8 Å². The summed E-state index contributed by atoms with van der Waals surface area (Å²) >= 11 is 5.61. The molecule has 0 fully saturated rings. The van der Waals surface area contributed by atoms with Crippen LogP contribution in [0, 0.1) is 3.57 Å². The monoisotopic (exact) mass is 395 g/mol. The highest BCUT2D eigenvalue weighted by molar-refractivity contribution is 14.1. The number of amides is 1. The third-order valence-corrected chi connectivity index (χ3v) is 3.50. The molecule has 0 radical (unpaired) electrons. The lowest BCUT2D eigenvalue weighted by atomic mass is 10.1. The maximum Gasteiger partial charge on any atom is 0.251 e. The summed E-state index contributed by atoms with van der Waals surface area (Å²) in [5.41, 5.74) is 0.736. The second kappa shape index (κ2) is 7.27. The molecule has 0 aliphatic carbocycles. The Labute approximate surface area is 118 Å². The first-order valence-corrected chi connectivity index (χ1v) is 7.49. The van der Waals surface area contributed by atoms with Gasteiger partial charge in [-0.25, -0.2) is 0 Å². The summed E-state index contributed by atoms with van der Waals surface area (Å²) in [7, 11) is 0. The fraction of sp³-hybridized carbons (Fsp3) is 0.417. The molecule has 4 heteroatoms. The first-order chi connectivity index (χ1) is 7.67. The van der Waals surface area contributed by atoms with Gasteiger partial charge < -0.3 is 5.32 Å². The number of rotatable bonds is 5. The van der Waals surface area contributed by atoms with Crippen molar-refractivity contribution in [2.75, 3.05) is 5.33 Å². The van der Waals surface area contributed by atoms with Gasteiger partial charge in [-0.1, -0.05) is 28.9 Å². The van der Waals surface area contributed by atoms with Crippen molar-refractivity contribution in [3.05, 3.63) is 33.4 Å². The van der Waals surface area contributed by atoms with Crippen LogP contribution in [0.15, 0.2) is 24.3 Å². The molecule has 2 nitrogen and oxygen atoms in total. The minimum Gasteiger partial charge on any atom is -0.349 e. The maximum atomic E-state index is 11.9. The molecule has 1 unspecified atom stereocenters. The predicted molar refractivity (Wildman–Crippen MR) is 79.1 cm³/mol. The summed E-state index contributed by atoms with van der Waals surface area (Å²) in [6.45, 7) is 2.09. The van der Waals surface area contributed by atoms with Gasteiger partial charge in [0.1, 0.15) is 0 Å². The van der Waals surface area contributed by atoms with E-state index in [0.717, 1.165) is 27.3 Å². The van der Waals surface area contributed by atoms with Gasteiger partial charge in [-0.15, -0.1) is 0 Å². The lowest BCUT2D eigenvalue weighted by Gasteiger charge is -2.15. The Bertz CT molecular complexity index is 357. The van der Waals surface area contributed by atoms with Crippen molar-refractivity contribution in [2.45, 2.75) is 25.8 Å². The van der Waals surface area contributed by atoms with Gasteiger partial charge in [-0.3, -0.25) is 4.79 Å². The van der Waals surface area contributed by atoms with Crippen molar-refractivity contribution in [3.8, 4) is 0 Å². The summed E-state index contributed by atoms with van der Waals surface area (Å²) in [6, 6.07) is 7.88. The Morgan fingerprint density at radius 2 is 2.31 bits per heavy atom. The van der Waals surface area contributed by atoms with Crippen LogP contribution in [0.25, 0.3) is 0 Å². The Morgan fingerprint density at radius 1 is 1.56 bits per heavy atom. The number of hydrogen-bond acceptors (Lipinski definition) is 1. The molecular formula is C12H15BrINO. The minimum absolute atomic E-state index is 0.0197. The zero-order valence-corrected chi connectivity index (χ0v) is 12.9. The van der Waals surface area contributed by atoms with Crippen LogP contribution in [0.1, 0.15) is 30.1 Å². The number of halogens is 2. The van der Waals surface area contributed by atoms with Crippen molar-refractivity contribution < 1.29 is 4.79 Å². The van der Waals surface area contributed by atoms with Gasteiger partial charge in [0.05, 0.1) is 0 Å². The zero-order chi connectivity index (χ0) is 12.0. The molecule has 0 spiro atoms. The summed E-state index contributed by atoms with van der Waals surface area (Å²) in [5.74, 6) is 0.0197. The van der Waals surface area contributed by atoms with Gasteiger partial charge in [0.15, 0.2) is 0 Å². The highest BCUT2D eigenvalue weighted by Crippen LogP contribution is 2.09. The van der Waals surface area contributed by atoms with E-state index in [1.54, 1.807) is 0 Å². The molecule has 0 heterocycles. The Balaban J connectivity index is 2.64. The highest BCUT2D eigenvalue weighted by Gasteiger charge is 2.11. The van der Waals surface area contributed by atoms with Crippen molar-refractivity contribution in [3.63, 3.8) is 0 Å². The van der Waals surface area contributed by atoms with Gasteiger partial charge in [0.25, 0.3) is 5.91 Å². The van der Waals surface area contributed by atoms with Crippen molar-refractivity contribution >= 4 is 44.4 Å². The summed E-state index contributed by atoms with van der Waals surface area (Å²) in [5, 5.41) is 3.95. The molecule has 0 saturated heterocycles. The standard InChI is InChI=1S/C12H15BrINO/c1-2-11(6-7-13)15-12(16)9-4-3-5-10(14)8-9/h3-5,8,11H,2,6-7H2,1H3,(H,15,16). The summed E-state index contributed by atoms with van der Waals surface area (Å²) < 4.78 is 1.08. The van der Waals surface area contributed by atoms with E-state index < -0.39 is 0 Å². The van der Waals surface area contributed by atoms with E-state index in [-0.39, 0.29) is 11.9 Å². The molecule has 88 valence electrons. The van der Waals surface area contributed by atoms with Gasteiger partial charge in [-0.2, -0.15) is 0 Å². The Morgan fingerprint density at radius 3 is 2.88 bits per heavy atom. The third kappa shape index (κ3) is 4.41. The number of alkyl halides is 1. The van der Waals surface area contributed by atoms with Crippen LogP contribution in [0.4, 0.5) is 0 Å². The van der Waals surface area contributed by atoms with Gasteiger partial charge in [0.2, 0.25) is 0 Å². The second-order valence-electron chi connectivity index (χ2n) is 3.57. The molecule has 16 heavy (non-hydrogen) atoms. The molecule has 0 aromatic heterocycles.